The quantitative estimate of drug-likeness (QED) is 0.501. The number of phosphoric ester groups is 1. The fourth-order valence-electron chi connectivity index (χ4n) is 1.67. The number of phosphoric acid groups is 1. The molecule has 1 aromatic carbocycles. The van der Waals surface area contributed by atoms with Crippen molar-refractivity contribution < 1.29 is 28.1 Å². The van der Waals surface area contributed by atoms with Crippen LogP contribution < -0.4 is 4.52 Å². The summed E-state index contributed by atoms with van der Waals surface area (Å²) in [6.07, 6.45) is 2.73. The van der Waals surface area contributed by atoms with Crippen LogP contribution in [0.1, 0.15) is 21.9 Å². The number of aryl methyl sites for hydroxylation is 1. The average Bonchev–Trinajstić information content (AvgIpc) is 2.80. The summed E-state index contributed by atoms with van der Waals surface area (Å²) in [5.74, 6) is 0.603. The van der Waals surface area contributed by atoms with E-state index in [-0.39, 0.29) is 11.3 Å². The maximum Gasteiger partial charge on any atom is 0.524 e. The molecule has 0 aliphatic heterocycles. The van der Waals surface area contributed by atoms with E-state index in [9.17, 15) is 9.36 Å². The summed E-state index contributed by atoms with van der Waals surface area (Å²) < 4.78 is 20.7. The number of rotatable bonds is 5. The van der Waals surface area contributed by atoms with Gasteiger partial charge in [0.1, 0.15) is 17.3 Å². The molecule has 0 bridgehead atoms. The van der Waals surface area contributed by atoms with Crippen molar-refractivity contribution in [1.29, 1.82) is 0 Å². The molecule has 21 heavy (non-hydrogen) atoms. The third-order valence-electron chi connectivity index (χ3n) is 2.53. The lowest BCUT2D eigenvalue weighted by Crippen LogP contribution is -2.00. The Hall–Kier alpha value is -2.14. The number of carbonyl (C=O) groups is 1. The van der Waals surface area contributed by atoms with E-state index in [4.69, 9.17) is 14.2 Å². The molecule has 1 aromatic heterocycles. The zero-order chi connectivity index (χ0) is 15.5. The van der Waals surface area contributed by atoms with E-state index in [1.807, 2.05) is 0 Å². The fraction of sp³-hybridized carbons (Fsp3) is 0.0714. The average molecular weight is 308 g/mol. The fourth-order valence-corrected chi connectivity index (χ4v) is 2.08. The second-order valence-electron chi connectivity index (χ2n) is 4.22. The Morgan fingerprint density at radius 1 is 1.24 bits per heavy atom. The maximum absolute atomic E-state index is 12.1. The Morgan fingerprint density at radius 3 is 2.57 bits per heavy atom. The Morgan fingerprint density at radius 2 is 1.95 bits per heavy atom. The molecule has 0 radical (unpaired) electrons. The molecule has 7 heteroatoms. The van der Waals surface area contributed by atoms with Crippen LogP contribution >= 0.6 is 7.82 Å². The molecule has 0 amide bonds. The van der Waals surface area contributed by atoms with Crippen molar-refractivity contribution in [2.45, 2.75) is 6.92 Å². The van der Waals surface area contributed by atoms with E-state index in [0.717, 1.165) is 0 Å². The lowest BCUT2D eigenvalue weighted by atomic mass is 10.1. The molecule has 0 atom stereocenters. The predicted octanol–water partition coefficient (Wildman–Crippen LogP) is 2.96. The molecular weight excluding hydrogens is 295 g/mol. The highest BCUT2D eigenvalue weighted by atomic mass is 31.2. The molecule has 0 saturated heterocycles. The van der Waals surface area contributed by atoms with Gasteiger partial charge in [-0.1, -0.05) is 12.1 Å². The molecule has 2 N–H and O–H groups in total. The molecular formula is C14H13O6P. The zero-order valence-electron chi connectivity index (χ0n) is 11.1. The van der Waals surface area contributed by atoms with Crippen molar-refractivity contribution in [3.05, 3.63) is 59.6 Å². The van der Waals surface area contributed by atoms with Crippen molar-refractivity contribution in [2.75, 3.05) is 0 Å². The number of ketones is 1. The van der Waals surface area contributed by atoms with Crippen molar-refractivity contribution in [1.82, 2.24) is 0 Å². The topological polar surface area (TPSA) is 97.0 Å². The highest BCUT2D eigenvalue weighted by Crippen LogP contribution is 2.39. The number of para-hydroxylation sites is 1. The van der Waals surface area contributed by atoms with Crippen LogP contribution in [0.3, 0.4) is 0 Å². The molecule has 110 valence electrons. The smallest absolute Gasteiger partial charge is 0.462 e. The van der Waals surface area contributed by atoms with Crippen LogP contribution in [0.2, 0.25) is 0 Å². The highest BCUT2D eigenvalue weighted by molar-refractivity contribution is 7.46. The maximum atomic E-state index is 12.1. The van der Waals surface area contributed by atoms with Crippen molar-refractivity contribution >= 4 is 19.7 Å². The number of furan rings is 1. The molecule has 1 heterocycles. The summed E-state index contributed by atoms with van der Waals surface area (Å²) in [5.41, 5.74) is 0.0559. The zero-order valence-corrected chi connectivity index (χ0v) is 12.0. The third kappa shape index (κ3) is 4.43. The van der Waals surface area contributed by atoms with Gasteiger partial charge in [0.15, 0.2) is 5.78 Å². The van der Waals surface area contributed by atoms with Crippen LogP contribution in [0.4, 0.5) is 0 Å². The summed E-state index contributed by atoms with van der Waals surface area (Å²) >= 11 is 0. The van der Waals surface area contributed by atoms with Gasteiger partial charge in [-0.2, -0.15) is 0 Å². The number of hydrogen-bond acceptors (Lipinski definition) is 4. The number of carbonyl (C=O) groups excluding carboxylic acids is 1. The van der Waals surface area contributed by atoms with Crippen LogP contribution in [0.5, 0.6) is 5.75 Å². The highest BCUT2D eigenvalue weighted by Gasteiger charge is 2.20. The van der Waals surface area contributed by atoms with Gasteiger partial charge in [-0.15, -0.1) is 0 Å². The predicted molar refractivity (Wildman–Crippen MR) is 75.9 cm³/mol. The molecule has 2 aromatic rings. The minimum absolute atomic E-state index is 0.0559. The van der Waals surface area contributed by atoms with E-state index < -0.39 is 13.6 Å². The minimum atomic E-state index is -4.72. The molecule has 0 unspecified atom stereocenters. The van der Waals surface area contributed by atoms with Crippen LogP contribution in [0, 0.1) is 6.92 Å². The van der Waals surface area contributed by atoms with Gasteiger partial charge in [0.2, 0.25) is 0 Å². The van der Waals surface area contributed by atoms with Gasteiger partial charge in [-0.3, -0.25) is 14.6 Å². The summed E-state index contributed by atoms with van der Waals surface area (Å²) in [6, 6.07) is 9.29. The number of allylic oxidation sites excluding steroid dienone is 1. The monoisotopic (exact) mass is 308 g/mol. The Kier molecular flexibility index (Phi) is 4.43. The SMILES string of the molecule is Cc1ccc(/C=C/C(=O)c2ccccc2OP(=O)(O)O)o1. The van der Waals surface area contributed by atoms with Crippen LogP contribution in [0.25, 0.3) is 6.08 Å². The molecule has 0 aliphatic carbocycles. The first-order chi connectivity index (χ1) is 9.85. The molecule has 0 spiro atoms. The van der Waals surface area contributed by atoms with E-state index >= 15 is 0 Å². The van der Waals surface area contributed by atoms with Crippen LogP contribution in [-0.2, 0) is 4.57 Å². The van der Waals surface area contributed by atoms with Gasteiger partial charge >= 0.3 is 7.82 Å². The van der Waals surface area contributed by atoms with E-state index in [1.165, 1.54) is 30.4 Å². The van der Waals surface area contributed by atoms with Gasteiger partial charge in [-0.25, -0.2) is 4.57 Å². The van der Waals surface area contributed by atoms with Crippen LogP contribution in [-0.4, -0.2) is 15.6 Å². The minimum Gasteiger partial charge on any atom is -0.462 e. The first-order valence-corrected chi connectivity index (χ1v) is 7.51. The Bertz CT molecular complexity index is 725. The van der Waals surface area contributed by atoms with Crippen molar-refractivity contribution in [2.24, 2.45) is 0 Å². The third-order valence-corrected chi connectivity index (χ3v) is 2.96. The summed E-state index contributed by atoms with van der Waals surface area (Å²) in [4.78, 5) is 29.7. The molecule has 0 fully saturated rings. The lowest BCUT2D eigenvalue weighted by molar-refractivity contribution is 0.104. The van der Waals surface area contributed by atoms with Gasteiger partial charge in [0, 0.05) is 0 Å². The van der Waals surface area contributed by atoms with E-state index in [1.54, 1.807) is 25.1 Å². The second-order valence-corrected chi connectivity index (χ2v) is 5.39. The molecule has 0 saturated carbocycles. The van der Waals surface area contributed by atoms with Crippen molar-refractivity contribution in [3.63, 3.8) is 0 Å². The summed E-state index contributed by atoms with van der Waals surface area (Å²) in [5, 5.41) is 0. The van der Waals surface area contributed by atoms with Crippen LogP contribution in [0.15, 0.2) is 46.9 Å². The van der Waals surface area contributed by atoms with E-state index in [2.05, 4.69) is 4.52 Å². The standard InChI is InChI=1S/C14H13O6P/c1-10-6-7-11(19-10)8-9-13(15)12-4-2-3-5-14(12)20-21(16,17)18/h2-9H,1H3,(H2,16,17,18)/b9-8+. The van der Waals surface area contributed by atoms with Gasteiger partial charge in [-0.05, 0) is 43.3 Å². The summed E-state index contributed by atoms with van der Waals surface area (Å²) in [7, 11) is -4.72. The van der Waals surface area contributed by atoms with Gasteiger partial charge < -0.3 is 8.94 Å². The molecule has 0 aliphatic rings. The normalized spacial score (nSPS) is 11.8. The van der Waals surface area contributed by atoms with Gasteiger partial charge in [0.05, 0.1) is 5.56 Å². The lowest BCUT2D eigenvalue weighted by Gasteiger charge is -2.09. The van der Waals surface area contributed by atoms with Gasteiger partial charge in [0.25, 0.3) is 0 Å². The number of hydrogen-bond donors (Lipinski definition) is 2. The first-order valence-electron chi connectivity index (χ1n) is 5.98. The second kappa shape index (κ2) is 6.10. The van der Waals surface area contributed by atoms with E-state index in [0.29, 0.717) is 11.5 Å². The molecule has 6 nitrogen and oxygen atoms in total. The number of benzene rings is 1. The molecule has 2 rings (SSSR count). The largest absolute Gasteiger partial charge is 0.524 e. The first kappa shape index (κ1) is 15.3. The van der Waals surface area contributed by atoms with Crippen molar-refractivity contribution in [3.8, 4) is 5.75 Å². The summed E-state index contributed by atoms with van der Waals surface area (Å²) in [6.45, 7) is 1.78. The Balaban J connectivity index is 2.23. The Labute approximate surface area is 120 Å².